The van der Waals surface area contributed by atoms with E-state index < -0.39 is 23.1 Å². The van der Waals surface area contributed by atoms with E-state index in [2.05, 4.69) is 15.3 Å². The molecule has 1 atom stereocenters. The van der Waals surface area contributed by atoms with E-state index in [9.17, 15) is 14.4 Å². The Morgan fingerprint density at radius 2 is 2.13 bits per heavy atom. The van der Waals surface area contributed by atoms with E-state index in [0.717, 1.165) is 4.88 Å². The molecule has 0 spiro atoms. The number of aromatic nitrogens is 2. The molecule has 23 heavy (non-hydrogen) atoms. The molecule has 2 aromatic rings. The normalized spacial score (nSPS) is 16.7. The fourth-order valence-corrected chi connectivity index (χ4v) is 3.55. The van der Waals surface area contributed by atoms with Crippen molar-refractivity contribution in [1.82, 2.24) is 9.97 Å². The topological polar surface area (TPSA) is 104 Å². The van der Waals surface area contributed by atoms with E-state index in [1.165, 1.54) is 11.3 Å². The number of hydrogen-bond acceptors (Lipinski definition) is 6. The molecule has 1 aliphatic heterocycles. The lowest BCUT2D eigenvalue weighted by atomic mass is 9.86. The SMILES string of the molecule is CCOC(=O)C1=C(C)Nc2[nH]c(=O)[nH]c(=O)c2[C@@H]1c1cccs1. The van der Waals surface area contributed by atoms with Crippen molar-refractivity contribution in [2.45, 2.75) is 19.8 Å². The molecule has 120 valence electrons. The molecule has 2 aromatic heterocycles. The third kappa shape index (κ3) is 2.61. The van der Waals surface area contributed by atoms with Crippen LogP contribution in [-0.4, -0.2) is 22.5 Å². The molecule has 1 aliphatic rings. The number of H-pyrrole nitrogens is 2. The van der Waals surface area contributed by atoms with Crippen LogP contribution in [0.4, 0.5) is 5.82 Å². The zero-order chi connectivity index (χ0) is 16.6. The highest BCUT2D eigenvalue weighted by atomic mass is 32.1. The fraction of sp³-hybridized carbons (Fsp3) is 0.267. The molecule has 0 aromatic carbocycles. The number of hydrogen-bond donors (Lipinski definition) is 3. The van der Waals surface area contributed by atoms with Gasteiger partial charge in [-0.15, -0.1) is 11.3 Å². The Kier molecular flexibility index (Phi) is 3.91. The predicted molar refractivity (Wildman–Crippen MR) is 86.8 cm³/mol. The van der Waals surface area contributed by atoms with Crippen molar-refractivity contribution in [1.29, 1.82) is 0 Å². The van der Waals surface area contributed by atoms with Crippen molar-refractivity contribution in [2.75, 3.05) is 11.9 Å². The van der Waals surface area contributed by atoms with Crippen molar-refractivity contribution >= 4 is 23.1 Å². The van der Waals surface area contributed by atoms with Gasteiger partial charge in [-0.25, -0.2) is 9.59 Å². The highest BCUT2D eigenvalue weighted by Gasteiger charge is 2.36. The number of rotatable bonds is 3. The average Bonchev–Trinajstić information content (AvgIpc) is 2.99. The van der Waals surface area contributed by atoms with Crippen LogP contribution in [0.2, 0.25) is 0 Å². The van der Waals surface area contributed by atoms with Crippen LogP contribution in [0.5, 0.6) is 0 Å². The largest absolute Gasteiger partial charge is 0.463 e. The van der Waals surface area contributed by atoms with E-state index >= 15 is 0 Å². The molecule has 0 amide bonds. The molecule has 0 saturated carbocycles. The number of thiophene rings is 1. The first-order valence-corrected chi connectivity index (χ1v) is 7.95. The van der Waals surface area contributed by atoms with Gasteiger partial charge in [-0.05, 0) is 25.3 Å². The molecule has 0 bridgehead atoms. The number of ether oxygens (including phenoxy) is 1. The van der Waals surface area contributed by atoms with E-state index in [0.29, 0.717) is 22.7 Å². The molecule has 3 heterocycles. The summed E-state index contributed by atoms with van der Waals surface area (Å²) in [6.07, 6.45) is 0. The summed E-state index contributed by atoms with van der Waals surface area (Å²) in [4.78, 5) is 41.9. The highest BCUT2D eigenvalue weighted by Crippen LogP contribution is 2.40. The summed E-state index contributed by atoms with van der Waals surface area (Å²) in [5, 5.41) is 4.80. The van der Waals surface area contributed by atoms with Crippen molar-refractivity contribution in [3.05, 3.63) is 60.1 Å². The number of nitrogens with one attached hydrogen (secondary N) is 3. The molecule has 8 heteroatoms. The standard InChI is InChI=1S/C15H15N3O4S/c1-3-22-14(20)9-7(2)16-12-11(13(19)18-15(21)17-12)10(9)8-5-4-6-23-8/h4-6,10H,3H2,1-2H3,(H3,16,17,18,19,21)/t10-/m1/s1. The molecule has 3 N–H and O–H groups in total. The second-order valence-corrected chi connectivity index (χ2v) is 6.01. The number of fused-ring (bicyclic) bond motifs is 1. The van der Waals surface area contributed by atoms with Crippen LogP contribution in [0.15, 0.2) is 38.4 Å². The van der Waals surface area contributed by atoms with Crippen LogP contribution >= 0.6 is 11.3 Å². The summed E-state index contributed by atoms with van der Waals surface area (Å²) in [5.74, 6) is -0.749. The Bertz CT molecular complexity index is 892. The number of carbonyl (C=O) groups excluding carboxylic acids is 1. The number of anilines is 1. The monoisotopic (exact) mass is 333 g/mol. The van der Waals surface area contributed by atoms with Gasteiger partial charge in [0.1, 0.15) is 5.82 Å². The summed E-state index contributed by atoms with van der Waals surface area (Å²) < 4.78 is 5.14. The van der Waals surface area contributed by atoms with Gasteiger partial charge in [0.05, 0.1) is 23.7 Å². The summed E-state index contributed by atoms with van der Waals surface area (Å²) in [6.45, 7) is 3.68. The van der Waals surface area contributed by atoms with E-state index in [-0.39, 0.29) is 6.61 Å². The van der Waals surface area contributed by atoms with Crippen molar-refractivity contribution in [3.8, 4) is 0 Å². The molecule has 0 unspecified atom stereocenters. The second-order valence-electron chi connectivity index (χ2n) is 5.03. The minimum absolute atomic E-state index is 0.238. The second kappa shape index (κ2) is 5.88. The van der Waals surface area contributed by atoms with Crippen LogP contribution in [0, 0.1) is 0 Å². The maximum Gasteiger partial charge on any atom is 0.336 e. The number of allylic oxidation sites excluding steroid dienone is 1. The van der Waals surface area contributed by atoms with Crippen LogP contribution in [0.1, 0.15) is 30.2 Å². The zero-order valence-corrected chi connectivity index (χ0v) is 13.4. The lowest BCUT2D eigenvalue weighted by Gasteiger charge is -2.27. The van der Waals surface area contributed by atoms with Gasteiger partial charge in [-0.1, -0.05) is 6.07 Å². The van der Waals surface area contributed by atoms with Crippen LogP contribution < -0.4 is 16.6 Å². The fourth-order valence-electron chi connectivity index (χ4n) is 2.71. The number of carbonyl (C=O) groups is 1. The van der Waals surface area contributed by atoms with E-state index in [1.54, 1.807) is 13.8 Å². The van der Waals surface area contributed by atoms with Crippen molar-refractivity contribution in [3.63, 3.8) is 0 Å². The number of esters is 1. The van der Waals surface area contributed by atoms with Crippen molar-refractivity contribution in [2.24, 2.45) is 0 Å². The minimum Gasteiger partial charge on any atom is -0.463 e. The van der Waals surface area contributed by atoms with Gasteiger partial charge in [-0.2, -0.15) is 0 Å². The molecular weight excluding hydrogens is 318 g/mol. The first-order valence-electron chi connectivity index (χ1n) is 7.07. The quantitative estimate of drug-likeness (QED) is 0.739. The third-order valence-electron chi connectivity index (χ3n) is 3.60. The summed E-state index contributed by atoms with van der Waals surface area (Å²) in [7, 11) is 0. The Labute approximate surface area is 135 Å². The molecule has 7 nitrogen and oxygen atoms in total. The number of aromatic amines is 2. The molecule has 0 radical (unpaired) electrons. The van der Waals surface area contributed by atoms with E-state index in [4.69, 9.17) is 4.74 Å². The molecule has 0 fully saturated rings. The van der Waals surface area contributed by atoms with Gasteiger partial charge in [0.2, 0.25) is 0 Å². The third-order valence-corrected chi connectivity index (χ3v) is 4.53. The average molecular weight is 333 g/mol. The Hall–Kier alpha value is -2.61. The van der Waals surface area contributed by atoms with Gasteiger partial charge < -0.3 is 10.1 Å². The molecule has 0 saturated heterocycles. The maximum atomic E-state index is 12.4. The van der Waals surface area contributed by atoms with Gasteiger partial charge in [0.15, 0.2) is 0 Å². The lowest BCUT2D eigenvalue weighted by Crippen LogP contribution is -2.34. The lowest BCUT2D eigenvalue weighted by molar-refractivity contribution is -0.138. The van der Waals surface area contributed by atoms with Gasteiger partial charge in [0, 0.05) is 10.6 Å². The van der Waals surface area contributed by atoms with Crippen LogP contribution in [-0.2, 0) is 9.53 Å². The van der Waals surface area contributed by atoms with Gasteiger partial charge in [0.25, 0.3) is 5.56 Å². The first-order chi connectivity index (χ1) is 11.0. The Morgan fingerprint density at radius 1 is 1.35 bits per heavy atom. The van der Waals surface area contributed by atoms with Crippen LogP contribution in [0.25, 0.3) is 0 Å². The van der Waals surface area contributed by atoms with E-state index in [1.807, 2.05) is 17.5 Å². The summed E-state index contributed by atoms with van der Waals surface area (Å²) >= 11 is 1.43. The first kappa shape index (κ1) is 15.3. The molecular formula is C15H15N3O4S. The smallest absolute Gasteiger partial charge is 0.336 e. The zero-order valence-electron chi connectivity index (χ0n) is 12.6. The maximum absolute atomic E-state index is 12.4. The van der Waals surface area contributed by atoms with Gasteiger partial charge in [-0.3, -0.25) is 14.8 Å². The Morgan fingerprint density at radius 3 is 2.78 bits per heavy atom. The predicted octanol–water partition coefficient (Wildman–Crippen LogP) is 1.52. The summed E-state index contributed by atoms with van der Waals surface area (Å²) in [5.41, 5.74) is 0.109. The van der Waals surface area contributed by atoms with Gasteiger partial charge >= 0.3 is 11.7 Å². The highest BCUT2D eigenvalue weighted by molar-refractivity contribution is 7.10. The Balaban J connectivity index is 2.26. The minimum atomic E-state index is -0.599. The van der Waals surface area contributed by atoms with Crippen LogP contribution in [0.3, 0.4) is 0 Å². The summed E-state index contributed by atoms with van der Waals surface area (Å²) in [6, 6.07) is 3.70. The molecule has 3 rings (SSSR count). The molecule has 0 aliphatic carbocycles. The van der Waals surface area contributed by atoms with Crippen molar-refractivity contribution < 1.29 is 9.53 Å².